The smallest absolute Gasteiger partial charge is 0.338 e. The van der Waals surface area contributed by atoms with Crippen LogP contribution in [0.15, 0.2) is 61.9 Å². The number of esters is 1. The zero-order chi connectivity index (χ0) is 26.9. The fourth-order valence-electron chi connectivity index (χ4n) is 4.11. The molecule has 4 rings (SSSR count). The number of methoxy groups -OCH3 is 1. The lowest BCUT2D eigenvalue weighted by Gasteiger charge is -2.25. The summed E-state index contributed by atoms with van der Waals surface area (Å²) >= 11 is 4.58. The van der Waals surface area contributed by atoms with Crippen LogP contribution in [0.4, 0.5) is 0 Å². The molecule has 0 saturated heterocycles. The highest BCUT2D eigenvalue weighted by molar-refractivity contribution is 9.10. The molecular formula is C27H27BrN2O6S. The molecule has 1 atom stereocenters. The zero-order valence-corrected chi connectivity index (χ0v) is 23.5. The Bertz CT molecular complexity index is 1550. The molecular weight excluding hydrogens is 560 g/mol. The normalized spacial score (nSPS) is 15.4. The molecule has 1 aliphatic heterocycles. The molecule has 0 fully saturated rings. The van der Waals surface area contributed by atoms with Crippen molar-refractivity contribution in [3.8, 4) is 17.2 Å². The van der Waals surface area contributed by atoms with E-state index in [0.717, 1.165) is 0 Å². The molecule has 1 N–H and O–H groups in total. The molecule has 0 amide bonds. The van der Waals surface area contributed by atoms with Gasteiger partial charge in [0.2, 0.25) is 0 Å². The Balaban J connectivity index is 1.93. The fourth-order valence-corrected chi connectivity index (χ4v) is 5.60. The van der Waals surface area contributed by atoms with E-state index in [2.05, 4.69) is 20.9 Å². The number of hydrogen-bond acceptors (Lipinski definition) is 8. The van der Waals surface area contributed by atoms with Crippen LogP contribution in [0.25, 0.3) is 6.08 Å². The number of phenols is 1. The van der Waals surface area contributed by atoms with Crippen LogP contribution in [0.5, 0.6) is 17.2 Å². The van der Waals surface area contributed by atoms with Gasteiger partial charge in [-0.15, -0.1) is 0 Å². The molecule has 0 aliphatic carbocycles. The van der Waals surface area contributed by atoms with Gasteiger partial charge in [0.1, 0.15) is 5.75 Å². The van der Waals surface area contributed by atoms with Crippen LogP contribution in [0.1, 0.15) is 44.9 Å². The van der Waals surface area contributed by atoms with E-state index >= 15 is 0 Å². The minimum atomic E-state index is -0.740. The predicted molar refractivity (Wildman–Crippen MR) is 145 cm³/mol. The molecule has 37 heavy (non-hydrogen) atoms. The Morgan fingerprint density at radius 2 is 1.97 bits per heavy atom. The summed E-state index contributed by atoms with van der Waals surface area (Å²) in [7, 11) is 1.45. The third-order valence-electron chi connectivity index (χ3n) is 5.66. The Morgan fingerprint density at radius 3 is 2.59 bits per heavy atom. The van der Waals surface area contributed by atoms with Gasteiger partial charge in [-0.05, 0) is 63.6 Å². The Kier molecular flexibility index (Phi) is 7.89. The largest absolute Gasteiger partial charge is 0.504 e. The van der Waals surface area contributed by atoms with E-state index in [0.29, 0.717) is 42.0 Å². The summed E-state index contributed by atoms with van der Waals surface area (Å²) < 4.78 is 18.9. The zero-order valence-electron chi connectivity index (χ0n) is 21.1. The molecule has 1 aliphatic rings. The molecule has 0 spiro atoms. The van der Waals surface area contributed by atoms with Crippen LogP contribution >= 0.6 is 27.3 Å². The first-order chi connectivity index (χ1) is 17.6. The van der Waals surface area contributed by atoms with Crippen LogP contribution in [-0.2, 0) is 9.53 Å². The lowest BCUT2D eigenvalue weighted by atomic mass is 9.96. The minimum Gasteiger partial charge on any atom is -0.504 e. The molecule has 0 radical (unpaired) electrons. The standard InChI is InChI=1S/C27H27BrN2O6S/c1-6-35-26(33)22-15(4)29-27-30(23(22)16-7-9-19(10-8-16)36-14(2)3)25(32)21(37-27)12-17-11-18(28)13-20(34-5)24(17)31/h7-14,23,31H,6H2,1-5H3. The first-order valence-corrected chi connectivity index (χ1v) is 13.3. The number of carbonyl (C=O) groups excluding carboxylic acids is 1. The maximum Gasteiger partial charge on any atom is 0.338 e. The summed E-state index contributed by atoms with van der Waals surface area (Å²) in [6, 6.07) is 9.89. The lowest BCUT2D eigenvalue weighted by Crippen LogP contribution is -2.39. The van der Waals surface area contributed by atoms with E-state index in [9.17, 15) is 14.7 Å². The summed E-state index contributed by atoms with van der Waals surface area (Å²) in [5.41, 5.74) is 1.55. The van der Waals surface area contributed by atoms with E-state index in [1.807, 2.05) is 38.1 Å². The monoisotopic (exact) mass is 586 g/mol. The van der Waals surface area contributed by atoms with Crippen molar-refractivity contribution in [1.29, 1.82) is 0 Å². The molecule has 8 nitrogen and oxygen atoms in total. The van der Waals surface area contributed by atoms with Gasteiger partial charge in [-0.3, -0.25) is 9.36 Å². The number of hydrogen-bond donors (Lipinski definition) is 1. The number of fused-ring (bicyclic) bond motifs is 1. The molecule has 0 saturated carbocycles. The third-order valence-corrected chi connectivity index (χ3v) is 7.10. The number of ether oxygens (including phenoxy) is 3. The first kappa shape index (κ1) is 26.7. The van der Waals surface area contributed by atoms with Crippen molar-refractivity contribution in [2.45, 2.75) is 39.8 Å². The fraction of sp³-hybridized carbons (Fsp3) is 0.296. The summed E-state index contributed by atoms with van der Waals surface area (Å²) in [4.78, 5) is 31.8. The number of nitrogens with zero attached hydrogens (tertiary/aromatic N) is 2. The maximum atomic E-state index is 13.8. The SMILES string of the molecule is CCOC(=O)C1=C(C)N=c2sc(=Cc3cc(Br)cc(OC)c3O)c(=O)n2C1c1ccc(OC(C)C)cc1. The molecule has 1 aromatic heterocycles. The summed E-state index contributed by atoms with van der Waals surface area (Å²) in [5, 5.41) is 10.6. The van der Waals surface area contributed by atoms with Crippen molar-refractivity contribution in [2.75, 3.05) is 13.7 Å². The van der Waals surface area contributed by atoms with Crippen molar-refractivity contribution in [1.82, 2.24) is 4.57 Å². The third kappa shape index (κ3) is 5.35. The lowest BCUT2D eigenvalue weighted by molar-refractivity contribution is -0.139. The van der Waals surface area contributed by atoms with Crippen LogP contribution < -0.4 is 24.4 Å². The number of thiazole rings is 1. The molecule has 3 aromatic rings. The highest BCUT2D eigenvalue weighted by Crippen LogP contribution is 2.34. The second kappa shape index (κ2) is 10.9. The van der Waals surface area contributed by atoms with Gasteiger partial charge in [0, 0.05) is 10.0 Å². The molecule has 2 aromatic carbocycles. The van der Waals surface area contributed by atoms with Crippen molar-refractivity contribution >= 4 is 39.3 Å². The average molecular weight is 587 g/mol. The summed E-state index contributed by atoms with van der Waals surface area (Å²) in [5.74, 6) is 0.344. The second-order valence-corrected chi connectivity index (χ2v) is 10.5. The number of allylic oxidation sites excluding steroid dienone is 1. The predicted octanol–water partition coefficient (Wildman–Crippen LogP) is 4.06. The van der Waals surface area contributed by atoms with E-state index in [-0.39, 0.29) is 29.8 Å². The van der Waals surface area contributed by atoms with Gasteiger partial charge >= 0.3 is 5.97 Å². The van der Waals surface area contributed by atoms with Crippen molar-refractivity contribution in [3.63, 3.8) is 0 Å². The van der Waals surface area contributed by atoms with Crippen molar-refractivity contribution < 1.29 is 24.1 Å². The highest BCUT2D eigenvalue weighted by atomic mass is 79.9. The molecule has 2 heterocycles. The van der Waals surface area contributed by atoms with Gasteiger partial charge in [0.15, 0.2) is 16.3 Å². The van der Waals surface area contributed by atoms with Gasteiger partial charge in [0.05, 0.1) is 41.7 Å². The topological polar surface area (TPSA) is 99.4 Å². The second-order valence-electron chi connectivity index (χ2n) is 8.58. The van der Waals surface area contributed by atoms with Gasteiger partial charge in [-0.2, -0.15) is 0 Å². The van der Waals surface area contributed by atoms with E-state index < -0.39 is 12.0 Å². The van der Waals surface area contributed by atoms with Crippen LogP contribution in [0, 0.1) is 0 Å². The quantitative estimate of drug-likeness (QED) is 0.419. The number of benzene rings is 2. The molecule has 194 valence electrons. The molecule has 10 heteroatoms. The maximum absolute atomic E-state index is 13.8. The Hall–Kier alpha value is -3.37. The number of aromatic nitrogens is 1. The summed E-state index contributed by atoms with van der Waals surface area (Å²) in [6.07, 6.45) is 1.60. The minimum absolute atomic E-state index is 0.00817. The first-order valence-electron chi connectivity index (χ1n) is 11.7. The highest BCUT2D eigenvalue weighted by Gasteiger charge is 2.33. The number of rotatable bonds is 7. The van der Waals surface area contributed by atoms with Crippen LogP contribution in [-0.4, -0.2) is 35.5 Å². The van der Waals surface area contributed by atoms with Gasteiger partial charge in [0.25, 0.3) is 5.56 Å². The van der Waals surface area contributed by atoms with Crippen molar-refractivity contribution in [2.24, 2.45) is 4.99 Å². The van der Waals surface area contributed by atoms with E-state index in [1.54, 1.807) is 32.1 Å². The van der Waals surface area contributed by atoms with Gasteiger partial charge in [-0.25, -0.2) is 9.79 Å². The van der Waals surface area contributed by atoms with Gasteiger partial charge < -0.3 is 19.3 Å². The Morgan fingerprint density at radius 1 is 1.27 bits per heavy atom. The van der Waals surface area contributed by atoms with E-state index in [1.165, 1.54) is 23.0 Å². The molecule has 0 bridgehead atoms. The average Bonchev–Trinajstić information content (AvgIpc) is 3.14. The number of phenolic OH excluding ortho intramolecular Hbond substituents is 1. The Labute approximate surface area is 226 Å². The number of aromatic hydroxyl groups is 1. The van der Waals surface area contributed by atoms with Gasteiger partial charge in [-0.1, -0.05) is 39.4 Å². The van der Waals surface area contributed by atoms with Crippen molar-refractivity contribution in [3.05, 3.63) is 83.0 Å². The number of halogens is 1. The summed E-state index contributed by atoms with van der Waals surface area (Å²) in [6.45, 7) is 7.54. The molecule has 1 unspecified atom stereocenters. The van der Waals surface area contributed by atoms with E-state index in [4.69, 9.17) is 14.2 Å². The van der Waals surface area contributed by atoms with Crippen LogP contribution in [0.2, 0.25) is 0 Å². The van der Waals surface area contributed by atoms with Crippen LogP contribution in [0.3, 0.4) is 0 Å². The number of carbonyl (C=O) groups is 1.